The number of pyridine rings is 2. The van der Waals surface area contributed by atoms with Crippen molar-refractivity contribution in [3.05, 3.63) is 78.1 Å². The highest BCUT2D eigenvalue weighted by Gasteiger charge is 2.11. The maximum atomic E-state index is 5.84. The maximum Gasteiger partial charge on any atom is 0.161 e. The smallest absolute Gasteiger partial charge is 0.161 e. The summed E-state index contributed by atoms with van der Waals surface area (Å²) in [4.78, 5) is 15.5. The quantitative estimate of drug-likeness (QED) is 0.317. The molecule has 6 heteroatoms. The molecule has 0 saturated heterocycles. The number of aliphatic imine (C=N–C) groups is 1. The summed E-state index contributed by atoms with van der Waals surface area (Å²) in [5.74, 6) is 0. The van der Waals surface area contributed by atoms with Crippen molar-refractivity contribution in [2.75, 3.05) is 18.1 Å². The lowest BCUT2D eigenvalue weighted by molar-refractivity contribution is 1.20. The number of aromatic nitrogens is 2. The first-order valence-electron chi connectivity index (χ1n) is 9.64. The van der Waals surface area contributed by atoms with E-state index in [1.54, 1.807) is 18.0 Å². The molecule has 0 atom stereocenters. The molecular weight excluding hydrogens is 390 g/mol. The third-order valence-corrected chi connectivity index (χ3v) is 5.94. The van der Waals surface area contributed by atoms with Crippen molar-refractivity contribution < 1.29 is 0 Å². The molecular formula is C24H23N5S. The fraction of sp³-hybridized carbons (Fsp3) is 0.125. The highest BCUT2D eigenvalue weighted by Crippen LogP contribution is 2.37. The van der Waals surface area contributed by atoms with Crippen LogP contribution in [0.2, 0.25) is 0 Å². The molecule has 0 unspecified atom stereocenters. The summed E-state index contributed by atoms with van der Waals surface area (Å²) < 4.78 is 0. The van der Waals surface area contributed by atoms with Crippen molar-refractivity contribution in [3.8, 4) is 0 Å². The van der Waals surface area contributed by atoms with Crippen LogP contribution >= 0.6 is 11.8 Å². The molecule has 0 amide bonds. The summed E-state index contributed by atoms with van der Waals surface area (Å²) in [5, 5.41) is 4.59. The van der Waals surface area contributed by atoms with Crippen molar-refractivity contribution in [2.45, 2.75) is 23.6 Å². The SMILES string of the molecule is CN=C(C)c1ccc(Sc2ccc(N)cc2)c(Nc2ccnc3nc(C)ccc23)c1. The zero-order valence-corrected chi connectivity index (χ0v) is 18.0. The largest absolute Gasteiger partial charge is 0.399 e. The van der Waals surface area contributed by atoms with Gasteiger partial charge in [-0.2, -0.15) is 0 Å². The Morgan fingerprint density at radius 2 is 1.80 bits per heavy atom. The minimum atomic E-state index is 0.732. The van der Waals surface area contributed by atoms with Gasteiger partial charge in [0.25, 0.3) is 0 Å². The summed E-state index contributed by atoms with van der Waals surface area (Å²) in [5.41, 5.74) is 12.3. The standard InChI is InChI=1S/C24H23N5S/c1-15-4-10-20-21(12-13-27-24(20)28-15)29-22-14-17(16(2)26-3)5-11-23(22)30-19-8-6-18(25)7-9-19/h4-14H,25H2,1-3H3,(H,27,28,29). The Balaban J connectivity index is 1.77. The number of nitrogens with one attached hydrogen (secondary N) is 1. The Kier molecular flexibility index (Phi) is 5.68. The molecule has 5 nitrogen and oxygen atoms in total. The van der Waals surface area contributed by atoms with Gasteiger partial charge in [0.15, 0.2) is 5.65 Å². The molecule has 0 bridgehead atoms. The predicted molar refractivity (Wildman–Crippen MR) is 127 cm³/mol. The Bertz CT molecular complexity index is 1230. The molecule has 2 heterocycles. The van der Waals surface area contributed by atoms with Crippen LogP contribution < -0.4 is 11.1 Å². The van der Waals surface area contributed by atoms with Gasteiger partial charge in [0, 0.05) is 45.5 Å². The van der Waals surface area contributed by atoms with E-state index in [4.69, 9.17) is 5.73 Å². The molecule has 30 heavy (non-hydrogen) atoms. The second kappa shape index (κ2) is 8.55. The summed E-state index contributed by atoms with van der Waals surface area (Å²) in [6.07, 6.45) is 1.78. The van der Waals surface area contributed by atoms with E-state index in [0.717, 1.165) is 54.9 Å². The topological polar surface area (TPSA) is 76.2 Å². The van der Waals surface area contributed by atoms with Crippen LogP contribution in [0.1, 0.15) is 18.2 Å². The van der Waals surface area contributed by atoms with Crippen molar-refractivity contribution in [3.63, 3.8) is 0 Å². The number of nitrogens with two attached hydrogens (primary N) is 1. The van der Waals surface area contributed by atoms with Crippen molar-refractivity contribution in [2.24, 2.45) is 4.99 Å². The van der Waals surface area contributed by atoms with Crippen molar-refractivity contribution in [1.82, 2.24) is 9.97 Å². The highest BCUT2D eigenvalue weighted by atomic mass is 32.2. The van der Waals surface area contributed by atoms with Crippen LogP contribution in [0, 0.1) is 6.92 Å². The molecule has 0 aliphatic rings. The number of rotatable bonds is 5. The number of nitrogen functional groups attached to an aromatic ring is 1. The molecule has 3 N–H and O–H groups in total. The lowest BCUT2D eigenvalue weighted by atomic mass is 10.1. The molecule has 4 rings (SSSR count). The molecule has 0 aliphatic heterocycles. The van der Waals surface area contributed by atoms with Gasteiger partial charge in [0.1, 0.15) is 0 Å². The van der Waals surface area contributed by atoms with E-state index < -0.39 is 0 Å². The first kappa shape index (κ1) is 19.9. The van der Waals surface area contributed by atoms with Crippen LogP contribution in [0.15, 0.2) is 81.6 Å². The zero-order chi connectivity index (χ0) is 21.1. The summed E-state index contributed by atoms with van der Waals surface area (Å²) in [6.45, 7) is 3.99. The second-order valence-electron chi connectivity index (χ2n) is 7.00. The van der Waals surface area contributed by atoms with Gasteiger partial charge in [-0.15, -0.1) is 0 Å². The average molecular weight is 414 g/mol. The molecule has 2 aromatic heterocycles. The fourth-order valence-corrected chi connectivity index (χ4v) is 3.99. The summed E-state index contributed by atoms with van der Waals surface area (Å²) >= 11 is 1.69. The summed E-state index contributed by atoms with van der Waals surface area (Å²) in [7, 11) is 1.81. The number of fused-ring (bicyclic) bond motifs is 1. The Morgan fingerprint density at radius 1 is 1.00 bits per heavy atom. The molecule has 0 saturated carbocycles. The molecule has 0 spiro atoms. The van der Waals surface area contributed by atoms with E-state index >= 15 is 0 Å². The predicted octanol–water partition coefficient (Wildman–Crippen LogP) is 5.85. The van der Waals surface area contributed by atoms with E-state index in [2.05, 4.69) is 44.5 Å². The lowest BCUT2D eigenvalue weighted by Crippen LogP contribution is -2.00. The van der Waals surface area contributed by atoms with E-state index in [0.29, 0.717) is 0 Å². The van der Waals surface area contributed by atoms with Gasteiger partial charge in [-0.05, 0) is 74.0 Å². The van der Waals surface area contributed by atoms with E-state index in [9.17, 15) is 0 Å². The van der Waals surface area contributed by atoms with Gasteiger partial charge >= 0.3 is 0 Å². The molecule has 0 aliphatic carbocycles. The maximum absolute atomic E-state index is 5.84. The van der Waals surface area contributed by atoms with Crippen LogP contribution in [-0.2, 0) is 0 Å². The molecule has 0 fully saturated rings. The van der Waals surface area contributed by atoms with E-state index in [-0.39, 0.29) is 0 Å². The molecule has 4 aromatic rings. The van der Waals surface area contributed by atoms with Gasteiger partial charge in [0.05, 0.1) is 11.4 Å². The van der Waals surface area contributed by atoms with Crippen LogP contribution in [0.25, 0.3) is 11.0 Å². The number of hydrogen-bond donors (Lipinski definition) is 2. The normalized spacial score (nSPS) is 11.6. The van der Waals surface area contributed by atoms with Gasteiger partial charge in [-0.1, -0.05) is 17.8 Å². The molecule has 150 valence electrons. The minimum Gasteiger partial charge on any atom is -0.399 e. The number of nitrogens with zero attached hydrogens (tertiary/aromatic N) is 3. The summed E-state index contributed by atoms with van der Waals surface area (Å²) in [6, 6.07) is 20.3. The van der Waals surface area contributed by atoms with Gasteiger partial charge in [-0.25, -0.2) is 9.97 Å². The highest BCUT2D eigenvalue weighted by molar-refractivity contribution is 7.99. The lowest BCUT2D eigenvalue weighted by Gasteiger charge is -2.15. The number of hydrogen-bond acceptors (Lipinski definition) is 6. The molecule has 0 radical (unpaired) electrons. The van der Waals surface area contributed by atoms with E-state index in [1.807, 2.05) is 57.3 Å². The zero-order valence-electron chi connectivity index (χ0n) is 17.2. The molecule has 2 aromatic carbocycles. The van der Waals surface area contributed by atoms with Crippen molar-refractivity contribution >= 4 is 45.6 Å². The fourth-order valence-electron chi connectivity index (χ4n) is 3.11. The monoisotopic (exact) mass is 413 g/mol. The van der Waals surface area contributed by atoms with Crippen LogP contribution in [-0.4, -0.2) is 22.7 Å². The van der Waals surface area contributed by atoms with Gasteiger partial charge in [-0.3, -0.25) is 4.99 Å². The van der Waals surface area contributed by atoms with Crippen LogP contribution in [0.4, 0.5) is 17.1 Å². The van der Waals surface area contributed by atoms with Crippen LogP contribution in [0.3, 0.4) is 0 Å². The van der Waals surface area contributed by atoms with Gasteiger partial charge in [0.2, 0.25) is 0 Å². The Labute approximate surface area is 180 Å². The number of benzene rings is 2. The first-order valence-corrected chi connectivity index (χ1v) is 10.5. The number of aryl methyl sites for hydroxylation is 1. The second-order valence-corrected chi connectivity index (χ2v) is 8.11. The van der Waals surface area contributed by atoms with Crippen LogP contribution in [0.5, 0.6) is 0 Å². The minimum absolute atomic E-state index is 0.732. The first-order chi connectivity index (χ1) is 14.5. The van der Waals surface area contributed by atoms with E-state index in [1.165, 1.54) is 0 Å². The third-order valence-electron chi connectivity index (χ3n) is 4.85. The van der Waals surface area contributed by atoms with Gasteiger partial charge < -0.3 is 11.1 Å². The van der Waals surface area contributed by atoms with Crippen molar-refractivity contribution in [1.29, 1.82) is 0 Å². The Morgan fingerprint density at radius 3 is 2.57 bits per heavy atom. The number of anilines is 3. The average Bonchev–Trinajstić information content (AvgIpc) is 2.75. The third kappa shape index (κ3) is 4.28. The Hall–Kier alpha value is -3.38.